The second kappa shape index (κ2) is 4.09. The van der Waals surface area contributed by atoms with Crippen molar-refractivity contribution in [2.24, 2.45) is 0 Å². The van der Waals surface area contributed by atoms with Crippen LogP contribution >= 0.6 is 0 Å². The topological polar surface area (TPSA) is 40.5 Å². The molecule has 1 aliphatic carbocycles. The molecule has 0 unspecified atom stereocenters. The fraction of sp³-hybridized carbons (Fsp3) is 0.533. The molecule has 0 aromatic heterocycles. The first-order valence-corrected chi connectivity index (χ1v) is 6.61. The van der Waals surface area contributed by atoms with Gasteiger partial charge < -0.3 is 10.0 Å². The van der Waals surface area contributed by atoms with Crippen molar-refractivity contribution in [3.05, 3.63) is 29.8 Å². The monoisotopic (exact) mass is 245 g/mol. The van der Waals surface area contributed by atoms with E-state index in [4.69, 9.17) is 0 Å². The van der Waals surface area contributed by atoms with Crippen LogP contribution in [0.2, 0.25) is 0 Å². The number of phenolic OH excluding ortho intramolecular Hbond substituents is 1. The zero-order valence-corrected chi connectivity index (χ0v) is 10.7. The van der Waals surface area contributed by atoms with Crippen LogP contribution in [0.1, 0.15) is 31.2 Å². The first kappa shape index (κ1) is 11.7. The van der Waals surface area contributed by atoms with E-state index in [9.17, 15) is 9.90 Å². The van der Waals surface area contributed by atoms with Crippen LogP contribution in [0.5, 0.6) is 5.75 Å². The van der Waals surface area contributed by atoms with Crippen LogP contribution in [0.25, 0.3) is 0 Å². The number of hydrogen-bond acceptors (Lipinski definition) is 3. The van der Waals surface area contributed by atoms with Gasteiger partial charge in [0, 0.05) is 24.3 Å². The van der Waals surface area contributed by atoms with Crippen LogP contribution in [0.15, 0.2) is 24.3 Å². The molecule has 3 nitrogen and oxygen atoms in total. The predicted octanol–water partition coefficient (Wildman–Crippen LogP) is 2.09. The molecule has 0 spiro atoms. The number of piperidine rings is 1. The maximum atomic E-state index is 12.0. The third kappa shape index (κ3) is 1.83. The molecule has 1 saturated heterocycles. The number of Topliss-reactive ketones (excluding diaryl/α,β-unsaturated/α-hetero) is 1. The molecule has 1 aromatic carbocycles. The Kier molecular flexibility index (Phi) is 2.67. The summed E-state index contributed by atoms with van der Waals surface area (Å²) in [4.78, 5) is 14.3. The van der Waals surface area contributed by atoms with Crippen LogP contribution < -0.4 is 0 Å². The molecule has 2 bridgehead atoms. The van der Waals surface area contributed by atoms with Crippen LogP contribution in [-0.4, -0.2) is 35.4 Å². The van der Waals surface area contributed by atoms with Gasteiger partial charge in [-0.2, -0.15) is 0 Å². The molecule has 1 aliphatic heterocycles. The number of hydrogen-bond donors (Lipinski definition) is 1. The molecule has 0 radical (unpaired) electrons. The highest BCUT2D eigenvalue weighted by Crippen LogP contribution is 2.45. The lowest BCUT2D eigenvalue weighted by atomic mass is 9.63. The Morgan fingerprint density at radius 2 is 2.28 bits per heavy atom. The van der Waals surface area contributed by atoms with Crippen molar-refractivity contribution in [1.29, 1.82) is 0 Å². The maximum absolute atomic E-state index is 12.0. The molecule has 3 rings (SSSR count). The van der Waals surface area contributed by atoms with E-state index in [-0.39, 0.29) is 5.41 Å². The van der Waals surface area contributed by atoms with E-state index in [0.29, 0.717) is 30.4 Å². The van der Waals surface area contributed by atoms with Gasteiger partial charge in [0.1, 0.15) is 11.5 Å². The molecular weight excluding hydrogens is 226 g/mol. The zero-order valence-electron chi connectivity index (χ0n) is 10.7. The van der Waals surface area contributed by atoms with E-state index >= 15 is 0 Å². The summed E-state index contributed by atoms with van der Waals surface area (Å²) in [5.41, 5.74) is 1.10. The standard InChI is InChI=1S/C15H19NO2/c1-16-6-5-15(9-12(16)8-14(18)10-15)11-3-2-4-13(17)7-11/h2-4,7,12,17H,5-6,8-10H2,1H3/t12-,15-/m0/s1. The van der Waals surface area contributed by atoms with Gasteiger partial charge in [0.15, 0.2) is 0 Å². The number of rotatable bonds is 1. The molecule has 1 aromatic rings. The van der Waals surface area contributed by atoms with Gasteiger partial charge in [-0.3, -0.25) is 4.79 Å². The van der Waals surface area contributed by atoms with E-state index in [1.165, 1.54) is 0 Å². The predicted molar refractivity (Wildman–Crippen MR) is 69.7 cm³/mol. The molecule has 2 fully saturated rings. The maximum Gasteiger partial charge on any atom is 0.135 e. The molecule has 1 N–H and O–H groups in total. The van der Waals surface area contributed by atoms with E-state index < -0.39 is 0 Å². The molecule has 1 heterocycles. The average Bonchev–Trinajstić information content (AvgIpc) is 2.34. The largest absolute Gasteiger partial charge is 0.508 e. The van der Waals surface area contributed by atoms with Crippen molar-refractivity contribution in [2.45, 2.75) is 37.1 Å². The van der Waals surface area contributed by atoms with Gasteiger partial charge in [0.2, 0.25) is 0 Å². The summed E-state index contributed by atoms with van der Waals surface area (Å²) in [5.74, 6) is 0.663. The Labute approximate surface area is 107 Å². The van der Waals surface area contributed by atoms with E-state index in [1.807, 2.05) is 12.1 Å². The Hall–Kier alpha value is -1.35. The molecule has 2 aliphatic rings. The second-order valence-electron chi connectivity index (χ2n) is 5.84. The minimum Gasteiger partial charge on any atom is -0.508 e. The minimum absolute atomic E-state index is 0.0365. The molecule has 18 heavy (non-hydrogen) atoms. The zero-order chi connectivity index (χ0) is 12.8. The summed E-state index contributed by atoms with van der Waals surface area (Å²) in [6, 6.07) is 7.84. The van der Waals surface area contributed by atoms with Crippen molar-refractivity contribution in [1.82, 2.24) is 4.90 Å². The fourth-order valence-electron chi connectivity index (χ4n) is 3.58. The smallest absolute Gasteiger partial charge is 0.135 e. The highest BCUT2D eigenvalue weighted by Gasteiger charge is 2.45. The number of carbonyl (C=O) groups is 1. The highest BCUT2D eigenvalue weighted by atomic mass is 16.3. The van der Waals surface area contributed by atoms with Gasteiger partial charge >= 0.3 is 0 Å². The third-order valence-corrected chi connectivity index (χ3v) is 4.65. The quantitative estimate of drug-likeness (QED) is 0.823. The summed E-state index contributed by atoms with van der Waals surface area (Å²) >= 11 is 0. The number of phenols is 1. The number of nitrogens with zero attached hydrogens (tertiary/aromatic N) is 1. The highest BCUT2D eigenvalue weighted by molar-refractivity contribution is 5.82. The lowest BCUT2D eigenvalue weighted by molar-refractivity contribution is -0.126. The lowest BCUT2D eigenvalue weighted by Crippen LogP contribution is -2.52. The molecule has 3 heteroatoms. The van der Waals surface area contributed by atoms with Gasteiger partial charge in [-0.15, -0.1) is 0 Å². The average molecular weight is 245 g/mol. The Morgan fingerprint density at radius 3 is 3.06 bits per heavy atom. The third-order valence-electron chi connectivity index (χ3n) is 4.65. The van der Waals surface area contributed by atoms with E-state index in [2.05, 4.69) is 18.0 Å². The van der Waals surface area contributed by atoms with Crippen LogP contribution in [0.3, 0.4) is 0 Å². The Balaban J connectivity index is 2.00. The van der Waals surface area contributed by atoms with Gasteiger partial charge in [-0.25, -0.2) is 0 Å². The van der Waals surface area contributed by atoms with Gasteiger partial charge in [0.25, 0.3) is 0 Å². The number of ketones is 1. The van der Waals surface area contributed by atoms with E-state index in [0.717, 1.165) is 24.9 Å². The molecule has 96 valence electrons. The van der Waals surface area contributed by atoms with Crippen molar-refractivity contribution < 1.29 is 9.90 Å². The van der Waals surface area contributed by atoms with Crippen molar-refractivity contribution in [3.63, 3.8) is 0 Å². The van der Waals surface area contributed by atoms with Crippen molar-refractivity contribution >= 4 is 5.78 Å². The first-order chi connectivity index (χ1) is 8.59. The van der Waals surface area contributed by atoms with E-state index in [1.54, 1.807) is 6.07 Å². The van der Waals surface area contributed by atoms with Gasteiger partial charge in [-0.05, 0) is 44.1 Å². The second-order valence-corrected chi connectivity index (χ2v) is 5.84. The SMILES string of the molecule is CN1CC[C@@]2(c3cccc(O)c3)CC(=O)C[C@H]1C2. The summed E-state index contributed by atoms with van der Waals surface area (Å²) in [5, 5.41) is 9.66. The van der Waals surface area contributed by atoms with Gasteiger partial charge in [0.05, 0.1) is 0 Å². The Morgan fingerprint density at radius 1 is 1.44 bits per heavy atom. The number of aromatic hydroxyl groups is 1. The van der Waals surface area contributed by atoms with Crippen LogP contribution in [0, 0.1) is 0 Å². The normalized spacial score (nSPS) is 32.5. The molecule has 0 amide bonds. The first-order valence-electron chi connectivity index (χ1n) is 6.61. The number of carbonyl (C=O) groups excluding carboxylic acids is 1. The van der Waals surface area contributed by atoms with Gasteiger partial charge in [-0.1, -0.05) is 12.1 Å². The van der Waals surface area contributed by atoms with Crippen molar-refractivity contribution in [2.75, 3.05) is 13.6 Å². The summed E-state index contributed by atoms with van der Waals surface area (Å²) < 4.78 is 0. The number of likely N-dealkylation sites (tertiary alicyclic amines) is 1. The molecule has 1 saturated carbocycles. The van der Waals surface area contributed by atoms with Crippen molar-refractivity contribution in [3.8, 4) is 5.75 Å². The summed E-state index contributed by atoms with van der Waals surface area (Å²) in [6.07, 6.45) is 3.38. The van der Waals surface area contributed by atoms with Crippen LogP contribution in [-0.2, 0) is 10.2 Å². The fourth-order valence-corrected chi connectivity index (χ4v) is 3.58. The van der Waals surface area contributed by atoms with Crippen LogP contribution in [0.4, 0.5) is 0 Å². The lowest BCUT2D eigenvalue weighted by Gasteiger charge is -2.49. The molecule has 2 atom stereocenters. The summed E-state index contributed by atoms with van der Waals surface area (Å²) in [7, 11) is 2.11. The minimum atomic E-state index is -0.0365. The number of benzene rings is 1. The Bertz CT molecular complexity index is 485. The summed E-state index contributed by atoms with van der Waals surface area (Å²) in [6.45, 7) is 1.04. The molecular formula is C15H19NO2. The number of fused-ring (bicyclic) bond motifs is 2.